The monoisotopic (exact) mass is 205 g/mol. The Hall–Kier alpha value is -1.06. The molecule has 0 saturated carbocycles. The van der Waals surface area contributed by atoms with Crippen molar-refractivity contribution in [2.24, 2.45) is 5.92 Å². The molecule has 0 fully saturated rings. The fourth-order valence-electron chi connectivity index (χ4n) is 0.840. The molecule has 0 unspecified atom stereocenters. The molecule has 0 spiro atoms. The molecule has 0 saturated heterocycles. The van der Waals surface area contributed by atoms with Crippen molar-refractivity contribution in [1.82, 2.24) is 0 Å². The van der Waals surface area contributed by atoms with Gasteiger partial charge in [-0.1, -0.05) is 26.0 Å². The summed E-state index contributed by atoms with van der Waals surface area (Å²) >= 11 is 0. The first-order valence-electron chi connectivity index (χ1n) is 4.29. The summed E-state index contributed by atoms with van der Waals surface area (Å²) in [5.74, 6) is -0.423. The molecule has 0 aromatic rings. The number of hydrogen-bond acceptors (Lipinski definition) is 1. The number of alkyl halides is 3. The van der Waals surface area contributed by atoms with Gasteiger partial charge in [-0.15, -0.1) is 0 Å². The summed E-state index contributed by atoms with van der Waals surface area (Å²) in [4.78, 5) is 0. The Morgan fingerprint density at radius 1 is 1.29 bits per heavy atom. The van der Waals surface area contributed by atoms with Crippen LogP contribution in [0.3, 0.4) is 0 Å². The minimum atomic E-state index is -4.44. The largest absolute Gasteiger partial charge is 0.418 e. The van der Waals surface area contributed by atoms with E-state index in [2.05, 4.69) is 0 Å². The standard InChI is InChI=1S/C10H14F3N/c1-4-5-6-8(10(11,12)13)9(14)7(2)3/h4-7,14H,1-3H3/b5-4-,8-6+,14-9?. The molecule has 0 aromatic heterocycles. The van der Waals surface area contributed by atoms with Crippen molar-refractivity contribution in [2.45, 2.75) is 26.9 Å². The van der Waals surface area contributed by atoms with E-state index in [9.17, 15) is 13.2 Å². The Labute approximate surface area is 81.8 Å². The van der Waals surface area contributed by atoms with Crippen molar-refractivity contribution < 1.29 is 13.2 Å². The molecule has 80 valence electrons. The highest BCUT2D eigenvalue weighted by molar-refractivity contribution is 6.00. The summed E-state index contributed by atoms with van der Waals surface area (Å²) in [6.07, 6.45) is -0.720. The van der Waals surface area contributed by atoms with Gasteiger partial charge in [-0.3, -0.25) is 0 Å². The Balaban J connectivity index is 5.03. The van der Waals surface area contributed by atoms with E-state index in [0.717, 1.165) is 6.08 Å². The van der Waals surface area contributed by atoms with Gasteiger partial charge in [0.05, 0.1) is 5.57 Å². The van der Waals surface area contributed by atoms with Crippen molar-refractivity contribution in [1.29, 1.82) is 5.41 Å². The third-order valence-corrected chi connectivity index (χ3v) is 1.63. The zero-order chi connectivity index (χ0) is 11.4. The van der Waals surface area contributed by atoms with Crippen LogP contribution >= 0.6 is 0 Å². The van der Waals surface area contributed by atoms with Crippen LogP contribution in [0, 0.1) is 11.3 Å². The van der Waals surface area contributed by atoms with Crippen LogP contribution in [0.2, 0.25) is 0 Å². The molecule has 0 aliphatic rings. The lowest BCUT2D eigenvalue weighted by Crippen LogP contribution is -2.22. The lowest BCUT2D eigenvalue weighted by molar-refractivity contribution is -0.0864. The third kappa shape index (κ3) is 3.77. The molecule has 0 aromatic carbocycles. The first kappa shape index (κ1) is 12.9. The third-order valence-electron chi connectivity index (χ3n) is 1.63. The van der Waals surface area contributed by atoms with Gasteiger partial charge in [-0.25, -0.2) is 0 Å². The molecule has 0 atom stereocenters. The average molecular weight is 205 g/mol. The zero-order valence-corrected chi connectivity index (χ0v) is 8.44. The molecule has 14 heavy (non-hydrogen) atoms. The Kier molecular flexibility index (Phi) is 4.60. The molecule has 0 aliphatic heterocycles. The van der Waals surface area contributed by atoms with Crippen LogP contribution in [0.4, 0.5) is 13.2 Å². The van der Waals surface area contributed by atoms with Crippen LogP contribution in [0.25, 0.3) is 0 Å². The number of rotatable bonds is 3. The Bertz CT molecular complexity index is 259. The van der Waals surface area contributed by atoms with E-state index in [-0.39, 0.29) is 5.71 Å². The maximum absolute atomic E-state index is 12.4. The van der Waals surface area contributed by atoms with Crippen molar-refractivity contribution >= 4 is 5.71 Å². The summed E-state index contributed by atoms with van der Waals surface area (Å²) in [5, 5.41) is 7.31. The van der Waals surface area contributed by atoms with Crippen LogP contribution in [-0.2, 0) is 0 Å². The van der Waals surface area contributed by atoms with Crippen LogP contribution in [-0.4, -0.2) is 11.9 Å². The SMILES string of the molecule is C/C=C\C=C(/C(=N)C(C)C)C(F)(F)F. The van der Waals surface area contributed by atoms with E-state index in [1.807, 2.05) is 0 Å². The minimum absolute atomic E-state index is 0.379. The number of halogens is 3. The molecular formula is C10H14F3N. The summed E-state index contributed by atoms with van der Waals surface area (Å²) in [7, 11) is 0. The van der Waals surface area contributed by atoms with E-state index < -0.39 is 17.7 Å². The predicted octanol–water partition coefficient (Wildman–Crippen LogP) is 3.73. The van der Waals surface area contributed by atoms with Gasteiger partial charge in [0.2, 0.25) is 0 Å². The predicted molar refractivity (Wildman–Crippen MR) is 51.5 cm³/mol. The Morgan fingerprint density at radius 3 is 2.07 bits per heavy atom. The molecule has 4 heteroatoms. The molecule has 0 radical (unpaired) electrons. The van der Waals surface area contributed by atoms with Crippen molar-refractivity contribution in [3.63, 3.8) is 0 Å². The van der Waals surface area contributed by atoms with Crippen LogP contribution in [0.15, 0.2) is 23.8 Å². The van der Waals surface area contributed by atoms with Gasteiger partial charge in [-0.2, -0.15) is 13.2 Å². The molecule has 0 amide bonds. The van der Waals surface area contributed by atoms with E-state index in [4.69, 9.17) is 5.41 Å². The molecule has 0 rings (SSSR count). The van der Waals surface area contributed by atoms with Crippen molar-refractivity contribution in [2.75, 3.05) is 0 Å². The lowest BCUT2D eigenvalue weighted by Gasteiger charge is -2.14. The number of nitrogens with one attached hydrogen (secondary N) is 1. The first-order chi connectivity index (χ1) is 6.30. The summed E-state index contributed by atoms with van der Waals surface area (Å²) in [5.41, 5.74) is -1.25. The second kappa shape index (κ2) is 4.98. The smallest absolute Gasteiger partial charge is 0.304 e. The molecule has 0 aliphatic carbocycles. The average Bonchev–Trinajstić information content (AvgIpc) is 2.02. The maximum Gasteiger partial charge on any atom is 0.418 e. The van der Waals surface area contributed by atoms with E-state index >= 15 is 0 Å². The van der Waals surface area contributed by atoms with Gasteiger partial charge in [0, 0.05) is 5.71 Å². The van der Waals surface area contributed by atoms with E-state index in [1.165, 1.54) is 12.2 Å². The highest BCUT2D eigenvalue weighted by Gasteiger charge is 2.36. The highest BCUT2D eigenvalue weighted by atomic mass is 19.4. The first-order valence-corrected chi connectivity index (χ1v) is 4.29. The maximum atomic E-state index is 12.4. The quantitative estimate of drug-likeness (QED) is 0.536. The summed E-state index contributed by atoms with van der Waals surface area (Å²) < 4.78 is 37.2. The number of allylic oxidation sites excluding steroid dienone is 4. The highest BCUT2D eigenvalue weighted by Crippen LogP contribution is 2.28. The molecule has 1 N–H and O–H groups in total. The molecule has 0 bridgehead atoms. The fraction of sp³-hybridized carbons (Fsp3) is 0.500. The second-order valence-corrected chi connectivity index (χ2v) is 3.17. The second-order valence-electron chi connectivity index (χ2n) is 3.17. The van der Waals surface area contributed by atoms with Crippen LogP contribution in [0.5, 0.6) is 0 Å². The van der Waals surface area contributed by atoms with Gasteiger partial charge in [0.1, 0.15) is 0 Å². The van der Waals surface area contributed by atoms with Gasteiger partial charge in [-0.05, 0) is 18.9 Å². The van der Waals surface area contributed by atoms with E-state index in [1.54, 1.807) is 20.8 Å². The van der Waals surface area contributed by atoms with Crippen LogP contribution < -0.4 is 0 Å². The zero-order valence-electron chi connectivity index (χ0n) is 8.44. The van der Waals surface area contributed by atoms with Gasteiger partial charge >= 0.3 is 6.18 Å². The van der Waals surface area contributed by atoms with E-state index in [0.29, 0.717) is 0 Å². The van der Waals surface area contributed by atoms with Crippen molar-refractivity contribution in [3.05, 3.63) is 23.8 Å². The van der Waals surface area contributed by atoms with Crippen LogP contribution in [0.1, 0.15) is 20.8 Å². The lowest BCUT2D eigenvalue weighted by atomic mass is 9.99. The van der Waals surface area contributed by atoms with Gasteiger partial charge in [0.25, 0.3) is 0 Å². The van der Waals surface area contributed by atoms with Gasteiger partial charge < -0.3 is 5.41 Å². The van der Waals surface area contributed by atoms with Gasteiger partial charge in [0.15, 0.2) is 0 Å². The normalized spacial score (nSPS) is 14.1. The molecule has 0 heterocycles. The minimum Gasteiger partial charge on any atom is -0.304 e. The number of hydrogen-bond donors (Lipinski definition) is 1. The Morgan fingerprint density at radius 2 is 1.79 bits per heavy atom. The molecule has 1 nitrogen and oxygen atoms in total. The summed E-state index contributed by atoms with van der Waals surface area (Å²) in [6.45, 7) is 4.76. The fourth-order valence-corrected chi connectivity index (χ4v) is 0.840. The summed E-state index contributed by atoms with van der Waals surface area (Å²) in [6, 6.07) is 0. The topological polar surface area (TPSA) is 23.9 Å². The van der Waals surface area contributed by atoms with Crippen molar-refractivity contribution in [3.8, 4) is 0 Å². The molecular weight excluding hydrogens is 191 g/mol.